The molecule has 84 valence electrons. The monoisotopic (exact) mass is 209 g/mol. The Morgan fingerprint density at radius 3 is 2.40 bits per heavy atom. The highest BCUT2D eigenvalue weighted by molar-refractivity contribution is 5.45. The smallest absolute Gasteiger partial charge is 0.0978 e. The van der Waals surface area contributed by atoms with E-state index in [-0.39, 0.29) is 6.10 Å². The number of hydrogen-bond donors (Lipinski definition) is 0. The van der Waals surface area contributed by atoms with E-state index in [0.29, 0.717) is 6.61 Å². The van der Waals surface area contributed by atoms with Gasteiger partial charge in [0.25, 0.3) is 0 Å². The zero-order chi connectivity index (χ0) is 11.1. The van der Waals surface area contributed by atoms with Crippen LogP contribution in [0.15, 0.2) is 30.3 Å². The molecule has 1 aromatic rings. The molecule has 0 spiro atoms. The lowest BCUT2D eigenvalue weighted by Gasteiger charge is -2.24. The summed E-state index contributed by atoms with van der Waals surface area (Å²) >= 11 is 0. The number of likely N-dealkylation sites (N-methyl/N-ethyl adjacent to an activating group) is 1. The largest absolute Gasteiger partial charge is 0.382 e. The van der Waals surface area contributed by atoms with E-state index in [9.17, 15) is 0 Å². The number of para-hydroxylation sites is 1. The minimum Gasteiger partial charge on any atom is -0.382 e. The predicted molar refractivity (Wildman–Crippen MR) is 62.4 cm³/mol. The van der Waals surface area contributed by atoms with Crippen molar-refractivity contribution in [2.45, 2.75) is 6.10 Å². The minimum absolute atomic E-state index is 0.111. The van der Waals surface area contributed by atoms with E-state index in [0.717, 1.165) is 6.54 Å². The molecule has 0 radical (unpaired) electrons. The Morgan fingerprint density at radius 1 is 1.20 bits per heavy atom. The van der Waals surface area contributed by atoms with Gasteiger partial charge in [0.2, 0.25) is 0 Å². The maximum absolute atomic E-state index is 5.32. The van der Waals surface area contributed by atoms with Gasteiger partial charge in [0.05, 0.1) is 12.7 Å². The fraction of sp³-hybridized carbons (Fsp3) is 0.500. The number of ether oxygens (including phenoxy) is 2. The van der Waals surface area contributed by atoms with Gasteiger partial charge in [-0.3, -0.25) is 0 Å². The van der Waals surface area contributed by atoms with E-state index < -0.39 is 0 Å². The van der Waals surface area contributed by atoms with Crippen molar-refractivity contribution in [2.24, 2.45) is 0 Å². The van der Waals surface area contributed by atoms with Gasteiger partial charge in [-0.1, -0.05) is 18.2 Å². The number of benzene rings is 1. The fourth-order valence-electron chi connectivity index (χ4n) is 1.47. The van der Waals surface area contributed by atoms with Crippen LogP contribution in [-0.4, -0.2) is 40.5 Å². The lowest BCUT2D eigenvalue weighted by atomic mass is 10.2. The number of nitrogens with zero attached hydrogens (tertiary/aromatic N) is 1. The average molecular weight is 209 g/mol. The average Bonchev–Trinajstić information content (AvgIpc) is 2.29. The molecule has 0 aliphatic rings. The highest BCUT2D eigenvalue weighted by Crippen LogP contribution is 2.11. The summed E-state index contributed by atoms with van der Waals surface area (Å²) in [5, 5.41) is 0. The van der Waals surface area contributed by atoms with Crippen LogP contribution >= 0.6 is 0 Å². The van der Waals surface area contributed by atoms with Crippen molar-refractivity contribution in [3.8, 4) is 0 Å². The lowest BCUT2D eigenvalue weighted by Crippen LogP contribution is -2.33. The Morgan fingerprint density at radius 2 is 1.87 bits per heavy atom. The van der Waals surface area contributed by atoms with Gasteiger partial charge in [-0.05, 0) is 12.1 Å². The van der Waals surface area contributed by atoms with Crippen LogP contribution in [0.5, 0.6) is 0 Å². The lowest BCUT2D eigenvalue weighted by molar-refractivity contribution is 0.0335. The molecule has 1 unspecified atom stereocenters. The maximum atomic E-state index is 5.32. The van der Waals surface area contributed by atoms with Gasteiger partial charge in [0, 0.05) is 33.5 Å². The van der Waals surface area contributed by atoms with Crippen molar-refractivity contribution in [3.05, 3.63) is 30.3 Å². The summed E-state index contributed by atoms with van der Waals surface area (Å²) in [4.78, 5) is 2.16. The molecule has 1 atom stereocenters. The molecule has 1 rings (SSSR count). The normalized spacial score (nSPS) is 12.5. The van der Waals surface area contributed by atoms with Gasteiger partial charge < -0.3 is 14.4 Å². The second-order valence-electron chi connectivity index (χ2n) is 3.53. The first-order chi connectivity index (χ1) is 7.27. The van der Waals surface area contributed by atoms with Gasteiger partial charge in [-0.2, -0.15) is 0 Å². The van der Waals surface area contributed by atoms with Crippen LogP contribution in [0.2, 0.25) is 0 Å². The number of methoxy groups -OCH3 is 2. The maximum Gasteiger partial charge on any atom is 0.0978 e. The molecule has 0 heterocycles. The quantitative estimate of drug-likeness (QED) is 0.713. The summed E-state index contributed by atoms with van der Waals surface area (Å²) in [5.41, 5.74) is 1.19. The van der Waals surface area contributed by atoms with Crippen molar-refractivity contribution in [3.63, 3.8) is 0 Å². The molecule has 3 nitrogen and oxygen atoms in total. The number of anilines is 1. The van der Waals surface area contributed by atoms with E-state index in [4.69, 9.17) is 9.47 Å². The first-order valence-corrected chi connectivity index (χ1v) is 5.06. The molecule has 0 N–H and O–H groups in total. The molecule has 15 heavy (non-hydrogen) atoms. The van der Waals surface area contributed by atoms with Gasteiger partial charge in [-0.25, -0.2) is 0 Å². The Kier molecular flexibility index (Phi) is 5.15. The molecule has 0 amide bonds. The van der Waals surface area contributed by atoms with Crippen LogP contribution in [0.4, 0.5) is 5.69 Å². The molecule has 3 heteroatoms. The minimum atomic E-state index is 0.111. The van der Waals surface area contributed by atoms with Gasteiger partial charge in [0.15, 0.2) is 0 Å². The van der Waals surface area contributed by atoms with Crippen LogP contribution in [0.1, 0.15) is 0 Å². The highest BCUT2D eigenvalue weighted by Gasteiger charge is 2.10. The van der Waals surface area contributed by atoms with Crippen molar-refractivity contribution >= 4 is 5.69 Å². The van der Waals surface area contributed by atoms with E-state index in [2.05, 4.69) is 24.1 Å². The molecule has 0 saturated heterocycles. The fourth-order valence-corrected chi connectivity index (χ4v) is 1.47. The third-order valence-electron chi connectivity index (χ3n) is 2.36. The first kappa shape index (κ1) is 12.0. The van der Waals surface area contributed by atoms with E-state index in [1.165, 1.54) is 5.69 Å². The summed E-state index contributed by atoms with van der Waals surface area (Å²) in [6.45, 7) is 1.45. The van der Waals surface area contributed by atoms with Crippen molar-refractivity contribution < 1.29 is 9.47 Å². The molecule has 0 aromatic heterocycles. The number of rotatable bonds is 6. The summed E-state index contributed by atoms with van der Waals surface area (Å²) in [7, 11) is 5.45. The second kappa shape index (κ2) is 6.43. The summed E-state index contributed by atoms with van der Waals surface area (Å²) in [6.07, 6.45) is 0.111. The molecule has 0 bridgehead atoms. The zero-order valence-corrected chi connectivity index (χ0v) is 9.64. The molecule has 0 fully saturated rings. The Labute approximate surface area is 91.6 Å². The SMILES string of the molecule is COCC(CN(C)c1ccccc1)OC. The Hall–Kier alpha value is -1.06. The predicted octanol–water partition coefficient (Wildman–Crippen LogP) is 1.78. The Balaban J connectivity index is 2.50. The van der Waals surface area contributed by atoms with E-state index in [1.54, 1.807) is 14.2 Å². The van der Waals surface area contributed by atoms with E-state index >= 15 is 0 Å². The summed E-state index contributed by atoms with van der Waals surface area (Å²) < 4.78 is 10.4. The topological polar surface area (TPSA) is 21.7 Å². The summed E-state index contributed by atoms with van der Waals surface area (Å²) in [5.74, 6) is 0. The number of hydrogen-bond acceptors (Lipinski definition) is 3. The molecule has 0 aliphatic heterocycles. The first-order valence-electron chi connectivity index (χ1n) is 5.06. The third kappa shape index (κ3) is 3.90. The van der Waals surface area contributed by atoms with Gasteiger partial charge in [0.1, 0.15) is 0 Å². The molecule has 1 aromatic carbocycles. The Bertz CT molecular complexity index is 264. The standard InChI is InChI=1S/C12H19NO2/c1-13(9-12(15-3)10-14-2)11-7-5-4-6-8-11/h4-8,12H,9-10H2,1-3H3. The van der Waals surface area contributed by atoms with Crippen molar-refractivity contribution in [1.82, 2.24) is 0 Å². The van der Waals surface area contributed by atoms with Crippen LogP contribution in [0.3, 0.4) is 0 Å². The van der Waals surface area contributed by atoms with Gasteiger partial charge >= 0.3 is 0 Å². The van der Waals surface area contributed by atoms with Crippen molar-refractivity contribution in [2.75, 3.05) is 39.3 Å². The molecular formula is C12H19NO2. The van der Waals surface area contributed by atoms with Crippen LogP contribution in [-0.2, 0) is 9.47 Å². The van der Waals surface area contributed by atoms with E-state index in [1.807, 2.05) is 18.2 Å². The van der Waals surface area contributed by atoms with Crippen LogP contribution in [0.25, 0.3) is 0 Å². The van der Waals surface area contributed by atoms with Crippen LogP contribution in [0, 0.1) is 0 Å². The van der Waals surface area contributed by atoms with Crippen LogP contribution < -0.4 is 4.90 Å². The molecule has 0 aliphatic carbocycles. The summed E-state index contributed by atoms with van der Waals surface area (Å²) in [6, 6.07) is 10.2. The second-order valence-corrected chi connectivity index (χ2v) is 3.53. The van der Waals surface area contributed by atoms with Crippen molar-refractivity contribution in [1.29, 1.82) is 0 Å². The van der Waals surface area contributed by atoms with Gasteiger partial charge in [-0.15, -0.1) is 0 Å². The third-order valence-corrected chi connectivity index (χ3v) is 2.36. The molecule has 0 saturated carbocycles. The molecular weight excluding hydrogens is 190 g/mol. The highest BCUT2D eigenvalue weighted by atomic mass is 16.5. The zero-order valence-electron chi connectivity index (χ0n) is 9.64.